The second kappa shape index (κ2) is 9.55. The maximum absolute atomic E-state index is 11.9. The molecule has 0 aliphatic carbocycles. The molecule has 0 aliphatic heterocycles. The third kappa shape index (κ3) is 5.09. The highest BCUT2D eigenvalue weighted by Gasteiger charge is 2.14. The van der Waals surface area contributed by atoms with E-state index in [1.807, 2.05) is 55.5 Å². The fraction of sp³-hybridized carbons (Fsp3) is 0.286. The number of rotatable bonds is 9. The Morgan fingerprint density at radius 3 is 2.57 bits per heavy atom. The van der Waals surface area contributed by atoms with Crippen LogP contribution >= 0.6 is 0 Å². The maximum Gasteiger partial charge on any atom is 0.344 e. The van der Waals surface area contributed by atoms with Gasteiger partial charge in [-0.05, 0) is 43.2 Å². The van der Waals surface area contributed by atoms with E-state index in [0.717, 1.165) is 6.42 Å². The molecule has 1 heterocycles. The summed E-state index contributed by atoms with van der Waals surface area (Å²) in [5.41, 5.74) is 1.91. The highest BCUT2D eigenvalue weighted by Crippen LogP contribution is 2.27. The summed E-state index contributed by atoms with van der Waals surface area (Å²) in [4.78, 5) is 16.1. The first-order valence-corrected chi connectivity index (χ1v) is 9.11. The number of esters is 1. The molecule has 0 spiro atoms. The smallest absolute Gasteiger partial charge is 0.344 e. The Balaban J connectivity index is 1.52. The predicted molar refractivity (Wildman–Crippen MR) is 102 cm³/mol. The van der Waals surface area contributed by atoms with Crippen molar-refractivity contribution in [3.8, 4) is 22.9 Å². The monoisotopic (exact) mass is 382 g/mol. The molecule has 7 nitrogen and oxygen atoms in total. The quantitative estimate of drug-likeness (QED) is 0.520. The average molecular weight is 382 g/mol. The molecule has 0 radical (unpaired) electrons. The minimum atomic E-state index is -0.519. The van der Waals surface area contributed by atoms with Gasteiger partial charge in [-0.15, -0.1) is 0 Å². The average Bonchev–Trinajstić information content (AvgIpc) is 3.20. The number of nitrogens with zero attached hydrogens (tertiary/aromatic N) is 2. The molecule has 3 aromatic rings. The summed E-state index contributed by atoms with van der Waals surface area (Å²) >= 11 is 0. The van der Waals surface area contributed by atoms with Crippen molar-refractivity contribution in [3.05, 3.63) is 60.0 Å². The molecule has 0 bridgehead atoms. The molecule has 3 rings (SSSR count). The first-order valence-electron chi connectivity index (χ1n) is 9.11. The van der Waals surface area contributed by atoms with Gasteiger partial charge in [0, 0.05) is 0 Å². The molecule has 146 valence electrons. The van der Waals surface area contributed by atoms with Crippen LogP contribution in [0, 0.1) is 0 Å². The van der Waals surface area contributed by atoms with Crippen molar-refractivity contribution >= 4 is 5.97 Å². The van der Waals surface area contributed by atoms with E-state index in [1.54, 1.807) is 0 Å². The van der Waals surface area contributed by atoms with E-state index < -0.39 is 5.97 Å². The van der Waals surface area contributed by atoms with Crippen LogP contribution in [0.1, 0.15) is 25.3 Å². The van der Waals surface area contributed by atoms with Crippen LogP contribution in [0.5, 0.6) is 11.5 Å². The van der Waals surface area contributed by atoms with Gasteiger partial charge < -0.3 is 18.7 Å². The van der Waals surface area contributed by atoms with E-state index in [4.69, 9.17) is 18.7 Å². The van der Waals surface area contributed by atoms with Crippen molar-refractivity contribution in [1.82, 2.24) is 10.1 Å². The highest BCUT2D eigenvalue weighted by atomic mass is 16.6. The molecule has 0 aliphatic rings. The van der Waals surface area contributed by atoms with Gasteiger partial charge in [0.2, 0.25) is 5.82 Å². The van der Waals surface area contributed by atoms with E-state index in [0.29, 0.717) is 29.5 Å². The first-order chi connectivity index (χ1) is 13.7. The minimum absolute atomic E-state index is 0.124. The third-order valence-electron chi connectivity index (χ3n) is 3.94. The predicted octanol–water partition coefficient (Wildman–Crippen LogP) is 3.82. The molecule has 0 saturated heterocycles. The summed E-state index contributed by atoms with van der Waals surface area (Å²) < 4.78 is 21.3. The number of carbonyl (C=O) groups excluding carboxylic acids is 1. The van der Waals surface area contributed by atoms with Gasteiger partial charge >= 0.3 is 5.97 Å². The van der Waals surface area contributed by atoms with Crippen molar-refractivity contribution in [1.29, 1.82) is 0 Å². The Morgan fingerprint density at radius 1 is 1.04 bits per heavy atom. The summed E-state index contributed by atoms with van der Waals surface area (Å²) in [5.74, 6) is 1.33. The van der Waals surface area contributed by atoms with Crippen LogP contribution < -0.4 is 9.47 Å². The van der Waals surface area contributed by atoms with Crippen molar-refractivity contribution in [2.24, 2.45) is 0 Å². The lowest BCUT2D eigenvalue weighted by atomic mass is 10.2. The SMILES string of the molecule is CCOc1ccccc1-c1noc(COC(=O)COc2ccc(CC)cc2)n1. The molecular formula is C21H22N2O5. The Kier molecular flexibility index (Phi) is 6.62. The van der Waals surface area contributed by atoms with Crippen molar-refractivity contribution in [2.45, 2.75) is 26.9 Å². The molecule has 0 N–H and O–H groups in total. The number of aromatic nitrogens is 2. The Labute approximate surface area is 163 Å². The van der Waals surface area contributed by atoms with Crippen molar-refractivity contribution < 1.29 is 23.5 Å². The Bertz CT molecular complexity index is 905. The zero-order valence-electron chi connectivity index (χ0n) is 15.9. The largest absolute Gasteiger partial charge is 0.493 e. The molecule has 0 amide bonds. The lowest BCUT2D eigenvalue weighted by molar-refractivity contribution is -0.148. The molecule has 1 aromatic heterocycles. The normalized spacial score (nSPS) is 10.5. The van der Waals surface area contributed by atoms with E-state index >= 15 is 0 Å². The highest BCUT2D eigenvalue weighted by molar-refractivity contribution is 5.71. The van der Waals surface area contributed by atoms with Crippen LogP contribution in [0.25, 0.3) is 11.4 Å². The number of para-hydroxylation sites is 1. The van der Waals surface area contributed by atoms with Gasteiger partial charge in [-0.1, -0.05) is 36.3 Å². The molecule has 0 fully saturated rings. The number of ether oxygens (including phenoxy) is 3. The topological polar surface area (TPSA) is 83.7 Å². The molecule has 0 unspecified atom stereocenters. The molecule has 0 atom stereocenters. The molecule has 2 aromatic carbocycles. The van der Waals surface area contributed by atoms with Crippen molar-refractivity contribution in [3.63, 3.8) is 0 Å². The van der Waals surface area contributed by atoms with Crippen LogP contribution in [0.3, 0.4) is 0 Å². The summed E-state index contributed by atoms with van der Waals surface area (Å²) in [6.45, 7) is 4.19. The maximum atomic E-state index is 11.9. The summed E-state index contributed by atoms with van der Waals surface area (Å²) in [7, 11) is 0. The van der Waals surface area contributed by atoms with Crippen LogP contribution in [-0.4, -0.2) is 29.3 Å². The lowest BCUT2D eigenvalue weighted by Crippen LogP contribution is -2.14. The van der Waals surface area contributed by atoms with Crippen LogP contribution in [0.2, 0.25) is 0 Å². The van der Waals surface area contributed by atoms with Gasteiger partial charge in [-0.25, -0.2) is 4.79 Å². The Morgan fingerprint density at radius 2 is 1.82 bits per heavy atom. The van der Waals surface area contributed by atoms with Gasteiger partial charge in [-0.2, -0.15) is 4.98 Å². The number of carbonyl (C=O) groups is 1. The number of aryl methyl sites for hydroxylation is 1. The van der Waals surface area contributed by atoms with Crippen LogP contribution in [0.4, 0.5) is 0 Å². The van der Waals surface area contributed by atoms with E-state index in [1.165, 1.54) is 5.56 Å². The van der Waals surface area contributed by atoms with Gasteiger partial charge in [0.05, 0.1) is 12.2 Å². The van der Waals surface area contributed by atoms with E-state index in [-0.39, 0.29) is 19.1 Å². The number of benzene rings is 2. The standard InChI is InChI=1S/C21H22N2O5/c1-3-15-9-11-16(12-10-15)26-14-20(24)27-13-19-22-21(23-28-19)17-7-5-6-8-18(17)25-4-2/h5-12H,3-4,13-14H2,1-2H3. The van der Waals surface area contributed by atoms with Crippen molar-refractivity contribution in [2.75, 3.05) is 13.2 Å². The molecule has 28 heavy (non-hydrogen) atoms. The zero-order valence-corrected chi connectivity index (χ0v) is 15.9. The number of hydrogen-bond donors (Lipinski definition) is 0. The van der Waals surface area contributed by atoms with Gasteiger partial charge in [-0.3, -0.25) is 0 Å². The molecule has 7 heteroatoms. The zero-order chi connectivity index (χ0) is 19.8. The van der Waals surface area contributed by atoms with E-state index in [9.17, 15) is 4.79 Å². The number of hydrogen-bond acceptors (Lipinski definition) is 7. The fourth-order valence-corrected chi connectivity index (χ4v) is 2.50. The third-order valence-corrected chi connectivity index (χ3v) is 3.94. The molecule has 0 saturated carbocycles. The van der Waals surface area contributed by atoms with Crippen LogP contribution in [0.15, 0.2) is 53.1 Å². The summed E-state index contributed by atoms with van der Waals surface area (Å²) in [5, 5.41) is 3.93. The van der Waals surface area contributed by atoms with Gasteiger partial charge in [0.1, 0.15) is 11.5 Å². The summed E-state index contributed by atoms with van der Waals surface area (Å²) in [6, 6.07) is 15.0. The molecular weight excluding hydrogens is 360 g/mol. The van der Waals surface area contributed by atoms with Crippen LogP contribution in [-0.2, 0) is 22.6 Å². The second-order valence-electron chi connectivity index (χ2n) is 5.89. The lowest BCUT2D eigenvalue weighted by Gasteiger charge is -2.06. The van der Waals surface area contributed by atoms with Gasteiger partial charge in [0.25, 0.3) is 5.89 Å². The minimum Gasteiger partial charge on any atom is -0.493 e. The first kappa shape index (κ1) is 19.4. The van der Waals surface area contributed by atoms with E-state index in [2.05, 4.69) is 17.1 Å². The summed E-state index contributed by atoms with van der Waals surface area (Å²) in [6.07, 6.45) is 0.948. The van der Waals surface area contributed by atoms with Gasteiger partial charge in [0.15, 0.2) is 13.2 Å². The fourth-order valence-electron chi connectivity index (χ4n) is 2.50. The second-order valence-corrected chi connectivity index (χ2v) is 5.89. The Hall–Kier alpha value is -3.35.